The molecule has 14 heavy (non-hydrogen) atoms. The lowest BCUT2D eigenvalue weighted by Gasteiger charge is -2.05. The van der Waals surface area contributed by atoms with Crippen LogP contribution in [0.3, 0.4) is 0 Å². The van der Waals surface area contributed by atoms with Gasteiger partial charge in [0, 0.05) is 5.39 Å². The molecule has 1 N–H and O–H groups in total. The van der Waals surface area contributed by atoms with Gasteiger partial charge in [0.1, 0.15) is 0 Å². The standard InChI is InChI=1S/C11H9NO2/c1-7-6-10(12-14)11(13)9-5-3-2-4-8(7)9/h2-6,13H,1H3. The Morgan fingerprint density at radius 2 is 1.86 bits per heavy atom. The van der Waals surface area contributed by atoms with Crippen molar-refractivity contribution in [2.24, 2.45) is 5.18 Å². The van der Waals surface area contributed by atoms with Gasteiger partial charge in [-0.2, -0.15) is 0 Å². The summed E-state index contributed by atoms with van der Waals surface area (Å²) in [5.74, 6) is -0.0406. The first-order valence-electron chi connectivity index (χ1n) is 4.28. The van der Waals surface area contributed by atoms with Crippen LogP contribution in [-0.2, 0) is 0 Å². The number of hydrogen-bond acceptors (Lipinski definition) is 3. The molecule has 0 aliphatic rings. The first-order chi connectivity index (χ1) is 6.74. The molecule has 0 radical (unpaired) electrons. The number of hydrogen-bond donors (Lipinski definition) is 1. The average Bonchev–Trinajstić information content (AvgIpc) is 2.23. The molecule has 0 fully saturated rings. The number of rotatable bonds is 1. The van der Waals surface area contributed by atoms with Gasteiger partial charge in [0.2, 0.25) is 0 Å². The normalized spacial score (nSPS) is 10.4. The van der Waals surface area contributed by atoms with E-state index in [1.807, 2.05) is 25.1 Å². The summed E-state index contributed by atoms with van der Waals surface area (Å²) in [5.41, 5.74) is 1.04. The van der Waals surface area contributed by atoms with E-state index in [1.165, 1.54) is 0 Å². The summed E-state index contributed by atoms with van der Waals surface area (Å²) >= 11 is 0. The summed E-state index contributed by atoms with van der Waals surface area (Å²) < 4.78 is 0. The number of phenolic OH excluding ortho intramolecular Hbond substituents is 1. The predicted molar refractivity (Wildman–Crippen MR) is 55.8 cm³/mol. The Hall–Kier alpha value is -1.90. The third-order valence-corrected chi connectivity index (χ3v) is 2.30. The summed E-state index contributed by atoms with van der Waals surface area (Å²) in [4.78, 5) is 10.4. The van der Waals surface area contributed by atoms with Crippen molar-refractivity contribution in [1.82, 2.24) is 0 Å². The number of aromatic hydroxyl groups is 1. The van der Waals surface area contributed by atoms with E-state index in [9.17, 15) is 10.0 Å². The van der Waals surface area contributed by atoms with Gasteiger partial charge in [0.05, 0.1) is 0 Å². The van der Waals surface area contributed by atoms with Crippen molar-refractivity contribution in [3.05, 3.63) is 40.8 Å². The smallest absolute Gasteiger partial charge is 0.152 e. The number of nitrogens with zero attached hydrogens (tertiary/aromatic N) is 1. The lowest BCUT2D eigenvalue weighted by Crippen LogP contribution is -1.79. The molecule has 0 aromatic heterocycles. The Kier molecular flexibility index (Phi) is 1.93. The van der Waals surface area contributed by atoms with Gasteiger partial charge in [-0.05, 0) is 29.1 Å². The molecule has 0 saturated carbocycles. The van der Waals surface area contributed by atoms with Crippen LogP contribution in [0.25, 0.3) is 10.8 Å². The van der Waals surface area contributed by atoms with Crippen LogP contribution in [0.5, 0.6) is 5.75 Å². The first kappa shape index (κ1) is 8.69. The molecular formula is C11H9NO2. The van der Waals surface area contributed by atoms with Gasteiger partial charge in [0.25, 0.3) is 0 Å². The molecule has 2 aromatic carbocycles. The topological polar surface area (TPSA) is 49.7 Å². The molecule has 3 nitrogen and oxygen atoms in total. The summed E-state index contributed by atoms with van der Waals surface area (Å²) in [6.45, 7) is 1.89. The zero-order chi connectivity index (χ0) is 10.1. The third kappa shape index (κ3) is 1.14. The first-order valence-corrected chi connectivity index (χ1v) is 4.28. The molecule has 0 bridgehead atoms. The Morgan fingerprint density at radius 3 is 2.50 bits per heavy atom. The highest BCUT2D eigenvalue weighted by molar-refractivity contribution is 5.94. The zero-order valence-electron chi connectivity index (χ0n) is 7.69. The second kappa shape index (κ2) is 3.10. The fraction of sp³-hybridized carbons (Fsp3) is 0.0909. The van der Waals surface area contributed by atoms with Crippen LogP contribution in [0.1, 0.15) is 5.56 Å². The fourth-order valence-electron chi connectivity index (χ4n) is 1.59. The highest BCUT2D eigenvalue weighted by atomic mass is 16.3. The van der Waals surface area contributed by atoms with Gasteiger partial charge in [-0.3, -0.25) is 0 Å². The molecule has 0 unspecified atom stereocenters. The summed E-state index contributed by atoms with van der Waals surface area (Å²) in [7, 11) is 0. The molecule has 0 amide bonds. The SMILES string of the molecule is Cc1cc(N=O)c(O)c2ccccc12. The molecule has 3 heteroatoms. The molecular weight excluding hydrogens is 178 g/mol. The lowest BCUT2D eigenvalue weighted by molar-refractivity contribution is 0.483. The van der Waals surface area contributed by atoms with Gasteiger partial charge in [-0.1, -0.05) is 24.3 Å². The Morgan fingerprint density at radius 1 is 1.21 bits per heavy atom. The van der Waals surface area contributed by atoms with Crippen LogP contribution < -0.4 is 0 Å². The van der Waals surface area contributed by atoms with Crippen molar-refractivity contribution < 1.29 is 5.11 Å². The van der Waals surface area contributed by atoms with Gasteiger partial charge in [0.15, 0.2) is 11.4 Å². The summed E-state index contributed by atoms with van der Waals surface area (Å²) in [6, 6.07) is 8.97. The van der Waals surface area contributed by atoms with Crippen LogP contribution in [-0.4, -0.2) is 5.11 Å². The third-order valence-electron chi connectivity index (χ3n) is 2.30. The minimum absolute atomic E-state index is 0.0406. The Bertz CT molecular complexity index is 506. The molecule has 0 spiro atoms. The van der Waals surface area contributed by atoms with Gasteiger partial charge >= 0.3 is 0 Å². The van der Waals surface area contributed by atoms with Crippen molar-refractivity contribution >= 4 is 16.5 Å². The summed E-state index contributed by atoms with van der Waals surface area (Å²) in [6.07, 6.45) is 0. The van der Waals surface area contributed by atoms with Gasteiger partial charge in [-0.25, -0.2) is 0 Å². The number of nitroso groups, excluding NO2 is 1. The van der Waals surface area contributed by atoms with E-state index < -0.39 is 0 Å². The van der Waals surface area contributed by atoms with E-state index in [0.29, 0.717) is 5.39 Å². The average molecular weight is 187 g/mol. The van der Waals surface area contributed by atoms with Crippen molar-refractivity contribution in [2.45, 2.75) is 6.92 Å². The highest BCUT2D eigenvalue weighted by Gasteiger charge is 2.08. The molecule has 70 valence electrons. The lowest BCUT2D eigenvalue weighted by atomic mass is 10.0. The quantitative estimate of drug-likeness (QED) is 0.696. The van der Waals surface area contributed by atoms with Crippen LogP contribution in [0, 0.1) is 11.8 Å². The summed E-state index contributed by atoms with van der Waals surface area (Å²) in [5, 5.41) is 14.1. The molecule has 0 saturated heterocycles. The van der Waals surface area contributed by atoms with Crippen LogP contribution in [0.15, 0.2) is 35.5 Å². The van der Waals surface area contributed by atoms with E-state index in [1.54, 1.807) is 12.1 Å². The van der Waals surface area contributed by atoms with Gasteiger partial charge in [-0.15, -0.1) is 4.91 Å². The molecule has 0 aliphatic heterocycles. The maximum Gasteiger partial charge on any atom is 0.152 e. The van der Waals surface area contributed by atoms with E-state index >= 15 is 0 Å². The fourth-order valence-corrected chi connectivity index (χ4v) is 1.59. The second-order valence-corrected chi connectivity index (χ2v) is 3.20. The Labute approximate surface area is 81.0 Å². The molecule has 0 aliphatic carbocycles. The predicted octanol–water partition coefficient (Wildman–Crippen LogP) is 3.25. The van der Waals surface area contributed by atoms with E-state index in [-0.39, 0.29) is 11.4 Å². The zero-order valence-corrected chi connectivity index (χ0v) is 7.69. The van der Waals surface area contributed by atoms with Crippen molar-refractivity contribution in [1.29, 1.82) is 0 Å². The van der Waals surface area contributed by atoms with Crippen molar-refractivity contribution in [2.75, 3.05) is 0 Å². The van der Waals surface area contributed by atoms with Crippen LogP contribution >= 0.6 is 0 Å². The van der Waals surface area contributed by atoms with E-state index in [0.717, 1.165) is 10.9 Å². The highest BCUT2D eigenvalue weighted by Crippen LogP contribution is 2.36. The van der Waals surface area contributed by atoms with Crippen LogP contribution in [0.4, 0.5) is 5.69 Å². The van der Waals surface area contributed by atoms with E-state index in [4.69, 9.17) is 0 Å². The van der Waals surface area contributed by atoms with E-state index in [2.05, 4.69) is 5.18 Å². The van der Waals surface area contributed by atoms with Gasteiger partial charge < -0.3 is 5.11 Å². The number of fused-ring (bicyclic) bond motifs is 1. The van der Waals surface area contributed by atoms with Crippen LogP contribution in [0.2, 0.25) is 0 Å². The number of aryl methyl sites for hydroxylation is 1. The maximum absolute atomic E-state index is 10.4. The molecule has 2 aromatic rings. The minimum atomic E-state index is -0.0406. The number of benzene rings is 2. The second-order valence-electron chi connectivity index (χ2n) is 3.20. The van der Waals surface area contributed by atoms with Crippen molar-refractivity contribution in [3.63, 3.8) is 0 Å². The van der Waals surface area contributed by atoms with Crippen molar-refractivity contribution in [3.8, 4) is 5.75 Å². The largest absolute Gasteiger partial charge is 0.505 e. The monoisotopic (exact) mass is 187 g/mol. The maximum atomic E-state index is 10.4. The molecule has 2 rings (SSSR count). The molecule has 0 atom stereocenters. The molecule has 0 heterocycles. The number of phenols is 1. The Balaban J connectivity index is 2.94. The minimum Gasteiger partial charge on any atom is -0.505 e.